The molecule has 118 valence electrons. The van der Waals surface area contributed by atoms with Gasteiger partial charge in [0.1, 0.15) is 0 Å². The molecule has 0 aliphatic heterocycles. The number of fused-ring (bicyclic) bond motifs is 1. The third-order valence-electron chi connectivity index (χ3n) is 3.34. The van der Waals surface area contributed by atoms with E-state index in [0.29, 0.717) is 11.3 Å². The smallest absolute Gasteiger partial charge is 0.307 e. The maximum atomic E-state index is 12.2. The van der Waals surface area contributed by atoms with E-state index in [2.05, 4.69) is 20.1 Å². The second-order valence-corrected chi connectivity index (χ2v) is 5.30. The number of nitrogens with one attached hydrogen (secondary N) is 1. The second-order valence-electron chi connectivity index (χ2n) is 5.30. The average molecular weight is 304 g/mol. The lowest BCUT2D eigenvalue weighted by molar-refractivity contribution is -0.140. The topological polar surface area (TPSA) is 86.1 Å². The van der Waals surface area contributed by atoms with Gasteiger partial charge in [-0.2, -0.15) is 5.10 Å². The van der Waals surface area contributed by atoms with E-state index in [1.807, 2.05) is 18.5 Å². The summed E-state index contributed by atoms with van der Waals surface area (Å²) < 4.78 is 6.35. The number of rotatable bonds is 5. The Morgan fingerprint density at radius 3 is 2.77 bits per heavy atom. The van der Waals surface area contributed by atoms with Crippen molar-refractivity contribution in [1.29, 1.82) is 0 Å². The van der Waals surface area contributed by atoms with Crippen molar-refractivity contribution in [2.24, 2.45) is 0 Å². The Morgan fingerprint density at radius 1 is 1.41 bits per heavy atom. The number of ether oxygens (including phenoxy) is 1. The Hall–Kier alpha value is -2.44. The number of carbonyl (C=O) groups excluding carboxylic acids is 2. The molecule has 0 saturated heterocycles. The largest absolute Gasteiger partial charge is 0.469 e. The number of methoxy groups -OCH3 is 1. The lowest BCUT2D eigenvalue weighted by Gasteiger charge is -2.09. The fraction of sp³-hybridized carbons (Fsp3) is 0.467. The van der Waals surface area contributed by atoms with Gasteiger partial charge >= 0.3 is 5.97 Å². The monoisotopic (exact) mass is 304 g/mol. The predicted octanol–water partition coefficient (Wildman–Crippen LogP) is 1.61. The van der Waals surface area contributed by atoms with Crippen LogP contribution in [-0.2, 0) is 9.53 Å². The highest BCUT2D eigenvalue weighted by Gasteiger charge is 2.15. The van der Waals surface area contributed by atoms with E-state index in [9.17, 15) is 9.59 Å². The van der Waals surface area contributed by atoms with Crippen LogP contribution in [0.5, 0.6) is 0 Å². The van der Waals surface area contributed by atoms with Gasteiger partial charge < -0.3 is 10.1 Å². The normalized spacial score (nSPS) is 11.0. The first-order chi connectivity index (χ1) is 10.4. The highest BCUT2D eigenvalue weighted by atomic mass is 16.5. The van der Waals surface area contributed by atoms with Gasteiger partial charge in [-0.15, -0.1) is 0 Å². The van der Waals surface area contributed by atoms with Crippen molar-refractivity contribution >= 4 is 22.9 Å². The van der Waals surface area contributed by atoms with Gasteiger partial charge in [-0.25, -0.2) is 9.67 Å². The Kier molecular flexibility index (Phi) is 4.75. The van der Waals surface area contributed by atoms with E-state index in [-0.39, 0.29) is 30.9 Å². The summed E-state index contributed by atoms with van der Waals surface area (Å²) in [7, 11) is 1.32. The molecule has 22 heavy (non-hydrogen) atoms. The van der Waals surface area contributed by atoms with Crippen molar-refractivity contribution in [1.82, 2.24) is 20.1 Å². The van der Waals surface area contributed by atoms with Crippen LogP contribution in [0, 0.1) is 6.92 Å². The molecule has 0 radical (unpaired) electrons. The predicted molar refractivity (Wildman–Crippen MR) is 81.6 cm³/mol. The first-order valence-corrected chi connectivity index (χ1v) is 7.14. The SMILES string of the molecule is COC(=O)CCNC(=O)c1cc2cnn(C(C)C)c2nc1C. The lowest BCUT2D eigenvalue weighted by atomic mass is 10.1. The number of hydrogen-bond acceptors (Lipinski definition) is 5. The Bertz CT molecular complexity index is 706. The molecule has 2 heterocycles. The summed E-state index contributed by atoms with van der Waals surface area (Å²) in [5.74, 6) is -0.614. The van der Waals surface area contributed by atoms with Crippen molar-refractivity contribution in [3.05, 3.63) is 23.5 Å². The van der Waals surface area contributed by atoms with Gasteiger partial charge in [0, 0.05) is 18.0 Å². The van der Waals surface area contributed by atoms with E-state index in [0.717, 1.165) is 11.0 Å². The molecule has 1 amide bonds. The van der Waals surface area contributed by atoms with Crippen LogP contribution in [0.2, 0.25) is 0 Å². The van der Waals surface area contributed by atoms with Crippen molar-refractivity contribution in [3.8, 4) is 0 Å². The standard InChI is InChI=1S/C15H20N4O3/c1-9(2)19-14-11(8-17-19)7-12(10(3)18-14)15(21)16-6-5-13(20)22-4/h7-9H,5-6H2,1-4H3,(H,16,21). The number of carbonyl (C=O) groups is 2. The average Bonchev–Trinajstić information content (AvgIpc) is 2.88. The highest BCUT2D eigenvalue weighted by Crippen LogP contribution is 2.19. The number of esters is 1. The Morgan fingerprint density at radius 2 is 2.14 bits per heavy atom. The molecule has 0 saturated carbocycles. The summed E-state index contributed by atoms with van der Waals surface area (Å²) >= 11 is 0. The summed E-state index contributed by atoms with van der Waals surface area (Å²) in [6, 6.07) is 1.97. The van der Waals surface area contributed by atoms with Crippen LogP contribution in [-0.4, -0.2) is 40.3 Å². The molecular weight excluding hydrogens is 284 g/mol. The van der Waals surface area contributed by atoms with Crippen molar-refractivity contribution in [3.63, 3.8) is 0 Å². The fourth-order valence-electron chi connectivity index (χ4n) is 2.15. The molecule has 7 nitrogen and oxygen atoms in total. The Labute approximate surface area is 128 Å². The first-order valence-electron chi connectivity index (χ1n) is 7.14. The van der Waals surface area contributed by atoms with Crippen LogP contribution in [0.1, 0.15) is 42.4 Å². The molecular formula is C15H20N4O3. The maximum Gasteiger partial charge on any atom is 0.307 e. The number of aromatic nitrogens is 3. The van der Waals surface area contributed by atoms with Crippen LogP contribution in [0.25, 0.3) is 11.0 Å². The second kappa shape index (κ2) is 6.55. The summed E-state index contributed by atoms with van der Waals surface area (Å²) in [5.41, 5.74) is 1.88. The fourth-order valence-corrected chi connectivity index (χ4v) is 2.15. The molecule has 0 aliphatic carbocycles. The lowest BCUT2D eigenvalue weighted by Crippen LogP contribution is -2.27. The number of pyridine rings is 1. The van der Waals surface area contributed by atoms with Crippen molar-refractivity contribution in [2.75, 3.05) is 13.7 Å². The molecule has 0 aromatic carbocycles. The molecule has 0 bridgehead atoms. The zero-order valence-electron chi connectivity index (χ0n) is 13.2. The van der Waals surface area contributed by atoms with Gasteiger partial charge in [0.05, 0.1) is 31.0 Å². The third-order valence-corrected chi connectivity index (χ3v) is 3.34. The van der Waals surface area contributed by atoms with Gasteiger partial charge in [-0.3, -0.25) is 9.59 Å². The van der Waals surface area contributed by atoms with Crippen LogP contribution in [0.3, 0.4) is 0 Å². The van der Waals surface area contributed by atoms with E-state index in [4.69, 9.17) is 0 Å². The quantitative estimate of drug-likeness (QED) is 0.848. The van der Waals surface area contributed by atoms with Crippen LogP contribution >= 0.6 is 0 Å². The summed E-state index contributed by atoms with van der Waals surface area (Å²) in [4.78, 5) is 27.7. The van der Waals surface area contributed by atoms with Gasteiger partial charge in [0.2, 0.25) is 0 Å². The van der Waals surface area contributed by atoms with E-state index < -0.39 is 0 Å². The molecule has 0 atom stereocenters. The number of hydrogen-bond donors (Lipinski definition) is 1. The van der Waals surface area contributed by atoms with Crippen molar-refractivity contribution in [2.45, 2.75) is 33.2 Å². The van der Waals surface area contributed by atoms with Gasteiger partial charge in [-0.1, -0.05) is 0 Å². The summed E-state index contributed by atoms with van der Waals surface area (Å²) in [6.45, 7) is 6.06. The van der Waals surface area contributed by atoms with Crippen LogP contribution < -0.4 is 5.32 Å². The first kappa shape index (κ1) is 15.9. The molecule has 7 heteroatoms. The molecule has 0 unspecified atom stereocenters. The van der Waals surface area contributed by atoms with Gasteiger partial charge in [0.25, 0.3) is 5.91 Å². The molecule has 0 aliphatic rings. The van der Waals surface area contributed by atoms with Crippen LogP contribution in [0.15, 0.2) is 12.3 Å². The van der Waals surface area contributed by atoms with Gasteiger partial charge in [-0.05, 0) is 26.8 Å². The molecule has 1 N–H and O–H groups in total. The summed E-state index contributed by atoms with van der Waals surface area (Å²) in [6.07, 6.45) is 1.84. The summed E-state index contributed by atoms with van der Waals surface area (Å²) in [5, 5.41) is 7.80. The molecule has 0 spiro atoms. The Balaban J connectivity index is 2.19. The van der Waals surface area contributed by atoms with Gasteiger partial charge in [0.15, 0.2) is 5.65 Å². The molecule has 2 aromatic rings. The minimum atomic E-state index is -0.358. The highest BCUT2D eigenvalue weighted by molar-refractivity contribution is 5.98. The van der Waals surface area contributed by atoms with E-state index in [1.54, 1.807) is 19.2 Å². The zero-order chi connectivity index (χ0) is 16.3. The minimum absolute atomic E-state index is 0.141. The van der Waals surface area contributed by atoms with Crippen LogP contribution in [0.4, 0.5) is 0 Å². The minimum Gasteiger partial charge on any atom is -0.469 e. The van der Waals surface area contributed by atoms with E-state index >= 15 is 0 Å². The molecule has 2 rings (SSSR count). The third kappa shape index (κ3) is 3.24. The van der Waals surface area contributed by atoms with E-state index in [1.165, 1.54) is 7.11 Å². The molecule has 0 fully saturated rings. The molecule has 2 aromatic heterocycles. The zero-order valence-corrected chi connectivity index (χ0v) is 13.2. The number of aryl methyl sites for hydroxylation is 1. The van der Waals surface area contributed by atoms with Crippen molar-refractivity contribution < 1.29 is 14.3 Å². The number of amides is 1. The maximum absolute atomic E-state index is 12.2. The number of nitrogens with zero attached hydrogens (tertiary/aromatic N) is 3.